The Morgan fingerprint density at radius 1 is 1.02 bits per heavy atom. The molecule has 6 rings (SSSR count). The molecule has 0 bridgehead atoms. The van der Waals surface area contributed by atoms with E-state index in [0.717, 1.165) is 32.7 Å². The zero-order chi connectivity index (χ0) is 28.6. The van der Waals surface area contributed by atoms with Crippen LogP contribution in [0.15, 0.2) is 65.3 Å². The second-order valence-electron chi connectivity index (χ2n) is 12.1. The van der Waals surface area contributed by atoms with Crippen molar-refractivity contribution in [2.75, 3.05) is 0 Å². The summed E-state index contributed by atoms with van der Waals surface area (Å²) in [4.78, 5) is 29.8. The standard InChI is InChI=1S/C31H31BrClN3O3Si/c1-31(2,3)40(4,5)39-19-12-11-18(15-19)36-16-22(20-8-6-7-9-24(20)36)26-27(30(38)35-29(26)37)25-21-14-17(32)10-13-23(21)34-28(25)33/h6-14,16,18-19,34H,15H2,1-5H3,(H,35,37,38)/t18?,19-/m1/s1. The summed E-state index contributed by atoms with van der Waals surface area (Å²) >= 11 is 10.2. The van der Waals surface area contributed by atoms with Crippen LogP contribution in [0.2, 0.25) is 23.3 Å². The number of halogens is 2. The number of aromatic nitrogens is 2. The Balaban J connectivity index is 1.47. The number of hydrogen-bond donors (Lipinski definition) is 2. The minimum absolute atomic E-state index is 0.0325. The minimum atomic E-state index is -1.94. The van der Waals surface area contributed by atoms with E-state index in [1.54, 1.807) is 0 Å². The first-order chi connectivity index (χ1) is 18.9. The maximum Gasteiger partial charge on any atom is 0.259 e. The Hall–Kier alpha value is -2.91. The van der Waals surface area contributed by atoms with Crippen LogP contribution >= 0.6 is 27.5 Å². The van der Waals surface area contributed by atoms with Crippen LogP contribution in [0.25, 0.3) is 33.0 Å². The number of amides is 2. The molecule has 2 aromatic heterocycles. The Kier molecular flexibility index (Phi) is 6.53. The second kappa shape index (κ2) is 9.58. The maximum atomic E-state index is 13.4. The van der Waals surface area contributed by atoms with Gasteiger partial charge in [-0.15, -0.1) is 0 Å². The highest BCUT2D eigenvalue weighted by Crippen LogP contribution is 2.44. The summed E-state index contributed by atoms with van der Waals surface area (Å²) in [5, 5.41) is 4.64. The van der Waals surface area contributed by atoms with Crippen molar-refractivity contribution in [3.05, 3.63) is 81.6 Å². The molecule has 2 N–H and O–H groups in total. The van der Waals surface area contributed by atoms with Crippen molar-refractivity contribution in [1.82, 2.24) is 14.9 Å². The molecule has 0 spiro atoms. The van der Waals surface area contributed by atoms with E-state index in [4.69, 9.17) is 16.0 Å². The average Bonchev–Trinajstić information content (AvgIpc) is 3.61. The van der Waals surface area contributed by atoms with Crippen molar-refractivity contribution in [1.29, 1.82) is 0 Å². The summed E-state index contributed by atoms with van der Waals surface area (Å²) < 4.78 is 9.74. The fourth-order valence-corrected chi connectivity index (χ4v) is 7.45. The number of carbonyl (C=O) groups is 2. The van der Waals surface area contributed by atoms with Crippen molar-refractivity contribution < 1.29 is 14.0 Å². The van der Waals surface area contributed by atoms with Crippen LogP contribution in [0, 0.1) is 0 Å². The Morgan fingerprint density at radius 2 is 1.75 bits per heavy atom. The fraction of sp³-hybridized carbons (Fsp3) is 0.290. The number of H-pyrrole nitrogens is 1. The highest BCUT2D eigenvalue weighted by atomic mass is 79.9. The predicted octanol–water partition coefficient (Wildman–Crippen LogP) is 8.00. The van der Waals surface area contributed by atoms with Crippen LogP contribution in [0.4, 0.5) is 0 Å². The number of nitrogens with one attached hydrogen (secondary N) is 2. The Morgan fingerprint density at radius 3 is 2.50 bits per heavy atom. The molecule has 2 aromatic carbocycles. The predicted molar refractivity (Wildman–Crippen MR) is 168 cm³/mol. The van der Waals surface area contributed by atoms with Crippen LogP contribution in [0.5, 0.6) is 0 Å². The van der Waals surface area contributed by atoms with E-state index in [-0.39, 0.29) is 22.8 Å². The number of rotatable bonds is 5. The van der Waals surface area contributed by atoms with Crippen molar-refractivity contribution in [3.8, 4) is 0 Å². The smallest absolute Gasteiger partial charge is 0.259 e. The molecule has 2 atom stereocenters. The van der Waals surface area contributed by atoms with Gasteiger partial charge in [0.05, 0.1) is 23.3 Å². The van der Waals surface area contributed by atoms with E-state index in [1.807, 2.05) is 42.6 Å². The van der Waals surface area contributed by atoms with Crippen LogP contribution in [0.1, 0.15) is 44.4 Å². The minimum Gasteiger partial charge on any atom is -0.410 e. The lowest BCUT2D eigenvalue weighted by Crippen LogP contribution is -2.43. The molecule has 0 fully saturated rings. The summed E-state index contributed by atoms with van der Waals surface area (Å²) in [7, 11) is -1.94. The number of aromatic amines is 1. The van der Waals surface area contributed by atoms with Crippen molar-refractivity contribution in [2.45, 2.75) is 57.5 Å². The summed E-state index contributed by atoms with van der Waals surface area (Å²) in [6.45, 7) is 11.3. The third-order valence-corrected chi connectivity index (χ3v) is 13.8. The first-order valence-electron chi connectivity index (χ1n) is 13.4. The van der Waals surface area contributed by atoms with Gasteiger partial charge in [-0.1, -0.05) is 78.7 Å². The summed E-state index contributed by atoms with van der Waals surface area (Å²) in [6.07, 6.45) is 7.20. The lowest BCUT2D eigenvalue weighted by atomic mass is 9.95. The fourth-order valence-electron chi connectivity index (χ4n) is 5.50. The number of nitrogens with zero attached hydrogens (tertiary/aromatic N) is 1. The zero-order valence-corrected chi connectivity index (χ0v) is 26.4. The second-order valence-corrected chi connectivity index (χ2v) is 18.2. The number of allylic oxidation sites excluding steroid dienone is 1. The molecule has 0 saturated carbocycles. The molecule has 1 aliphatic heterocycles. The molecule has 2 aliphatic rings. The Labute approximate surface area is 247 Å². The molecule has 1 unspecified atom stereocenters. The molecule has 1 aliphatic carbocycles. The first-order valence-corrected chi connectivity index (χ1v) is 17.5. The number of hydrogen-bond acceptors (Lipinski definition) is 3. The molecule has 0 radical (unpaired) electrons. The highest BCUT2D eigenvalue weighted by Gasteiger charge is 2.40. The number of fused-ring (bicyclic) bond motifs is 2. The molecule has 4 aromatic rings. The summed E-state index contributed by atoms with van der Waals surface area (Å²) in [5.74, 6) is -0.882. The molecule has 2 amide bonds. The molecule has 3 heterocycles. The van der Waals surface area contributed by atoms with Crippen molar-refractivity contribution in [2.24, 2.45) is 0 Å². The van der Waals surface area contributed by atoms with Gasteiger partial charge in [-0.05, 0) is 42.4 Å². The number of carbonyl (C=O) groups excluding carboxylic acids is 2. The molecular formula is C31H31BrClN3O3Si. The zero-order valence-electron chi connectivity index (χ0n) is 23.1. The monoisotopic (exact) mass is 635 g/mol. The maximum absolute atomic E-state index is 13.4. The van der Waals surface area contributed by atoms with Gasteiger partial charge in [0.2, 0.25) is 0 Å². The third-order valence-electron chi connectivity index (χ3n) is 8.54. The topological polar surface area (TPSA) is 76.1 Å². The van der Waals surface area contributed by atoms with Gasteiger partial charge >= 0.3 is 0 Å². The normalized spacial score (nSPS) is 20.0. The average molecular weight is 637 g/mol. The van der Waals surface area contributed by atoms with E-state index in [9.17, 15) is 9.59 Å². The molecule has 6 nitrogen and oxygen atoms in total. The van der Waals surface area contributed by atoms with Crippen molar-refractivity contribution in [3.63, 3.8) is 0 Å². The molecule has 40 heavy (non-hydrogen) atoms. The lowest BCUT2D eigenvalue weighted by Gasteiger charge is -2.38. The SMILES string of the molecule is CC(C)(C)[Si](C)(C)O[C@@H]1C=CC(n2cc(C3=C(c4c(Cl)[nH]c5ccc(Br)cc45)C(=O)NC3=O)c3ccccc32)C1. The van der Waals surface area contributed by atoms with Gasteiger partial charge in [-0.3, -0.25) is 14.9 Å². The van der Waals surface area contributed by atoms with Gasteiger partial charge in [0, 0.05) is 50.0 Å². The van der Waals surface area contributed by atoms with Crippen LogP contribution in [-0.4, -0.2) is 35.8 Å². The Bertz CT molecular complexity index is 1780. The van der Waals surface area contributed by atoms with Crippen LogP contribution in [0.3, 0.4) is 0 Å². The van der Waals surface area contributed by atoms with E-state index in [0.29, 0.717) is 21.9 Å². The van der Waals surface area contributed by atoms with Gasteiger partial charge in [0.25, 0.3) is 11.8 Å². The highest BCUT2D eigenvalue weighted by molar-refractivity contribution is 9.10. The summed E-state index contributed by atoms with van der Waals surface area (Å²) in [5.41, 5.74) is 3.62. The van der Waals surface area contributed by atoms with Gasteiger partial charge in [-0.2, -0.15) is 0 Å². The quantitative estimate of drug-likeness (QED) is 0.132. The van der Waals surface area contributed by atoms with Gasteiger partial charge in [0.15, 0.2) is 8.32 Å². The molecule has 0 saturated heterocycles. The molecule has 206 valence electrons. The molecular weight excluding hydrogens is 606 g/mol. The van der Waals surface area contributed by atoms with Gasteiger partial charge < -0.3 is 14.0 Å². The lowest BCUT2D eigenvalue weighted by molar-refractivity contribution is -0.122. The van der Waals surface area contributed by atoms with E-state index in [2.05, 4.69) is 82.9 Å². The largest absolute Gasteiger partial charge is 0.410 e. The van der Waals surface area contributed by atoms with Crippen LogP contribution < -0.4 is 5.32 Å². The van der Waals surface area contributed by atoms with Gasteiger partial charge in [0.1, 0.15) is 5.15 Å². The summed E-state index contributed by atoms with van der Waals surface area (Å²) in [6, 6.07) is 13.8. The van der Waals surface area contributed by atoms with Gasteiger partial charge in [-0.25, -0.2) is 0 Å². The first kappa shape index (κ1) is 27.3. The van der Waals surface area contributed by atoms with Crippen LogP contribution in [-0.2, 0) is 14.0 Å². The number of benzene rings is 2. The van der Waals surface area contributed by atoms with Crippen molar-refractivity contribution >= 4 is 80.6 Å². The van der Waals surface area contributed by atoms with E-state index < -0.39 is 20.1 Å². The number of para-hydroxylation sites is 1. The number of imide groups is 1. The third kappa shape index (κ3) is 4.42. The molecule has 9 heteroatoms. The van der Waals surface area contributed by atoms with E-state index in [1.165, 1.54) is 0 Å². The van der Waals surface area contributed by atoms with E-state index >= 15 is 0 Å².